The smallest absolute Gasteiger partial charge is 0.144 e. The SMILES string of the molecule is CC(O)CC1CCCCCN1Cc1c(F)ccc(Br)c1F. The lowest BCUT2D eigenvalue weighted by atomic mass is 10.0. The first kappa shape index (κ1) is 16.8. The molecule has 118 valence electrons. The highest BCUT2D eigenvalue weighted by molar-refractivity contribution is 9.10. The van der Waals surface area contributed by atoms with Gasteiger partial charge in [0.2, 0.25) is 0 Å². The van der Waals surface area contributed by atoms with Gasteiger partial charge in [-0.1, -0.05) is 12.8 Å². The second kappa shape index (κ2) is 7.65. The van der Waals surface area contributed by atoms with E-state index in [0.717, 1.165) is 32.2 Å². The van der Waals surface area contributed by atoms with Crippen molar-refractivity contribution < 1.29 is 13.9 Å². The van der Waals surface area contributed by atoms with Gasteiger partial charge in [-0.15, -0.1) is 0 Å². The van der Waals surface area contributed by atoms with Gasteiger partial charge in [0.1, 0.15) is 11.6 Å². The zero-order chi connectivity index (χ0) is 15.4. The van der Waals surface area contributed by atoms with E-state index in [2.05, 4.69) is 20.8 Å². The Labute approximate surface area is 133 Å². The van der Waals surface area contributed by atoms with Gasteiger partial charge in [0.25, 0.3) is 0 Å². The molecule has 1 N–H and O–H groups in total. The largest absolute Gasteiger partial charge is 0.393 e. The maximum Gasteiger partial charge on any atom is 0.144 e. The number of rotatable bonds is 4. The summed E-state index contributed by atoms with van der Waals surface area (Å²) in [5.74, 6) is -1.02. The zero-order valence-electron chi connectivity index (χ0n) is 12.3. The number of nitrogens with zero attached hydrogens (tertiary/aromatic N) is 1. The molecule has 5 heteroatoms. The third-order valence-electron chi connectivity index (χ3n) is 4.11. The Morgan fingerprint density at radius 3 is 2.81 bits per heavy atom. The molecule has 0 spiro atoms. The van der Waals surface area contributed by atoms with Gasteiger partial charge < -0.3 is 5.11 Å². The summed E-state index contributed by atoms with van der Waals surface area (Å²) in [5.41, 5.74) is 0.113. The lowest BCUT2D eigenvalue weighted by Gasteiger charge is -2.31. The van der Waals surface area contributed by atoms with Gasteiger partial charge in [-0.3, -0.25) is 4.90 Å². The predicted octanol–water partition coefficient (Wildman–Crippen LogP) is 4.24. The summed E-state index contributed by atoms with van der Waals surface area (Å²) in [6, 6.07) is 2.87. The van der Waals surface area contributed by atoms with Gasteiger partial charge in [-0.2, -0.15) is 0 Å². The second-order valence-corrected chi connectivity index (χ2v) is 6.73. The van der Waals surface area contributed by atoms with E-state index < -0.39 is 17.7 Å². The summed E-state index contributed by atoms with van der Waals surface area (Å²) >= 11 is 3.12. The van der Waals surface area contributed by atoms with E-state index in [-0.39, 0.29) is 18.2 Å². The molecule has 0 amide bonds. The van der Waals surface area contributed by atoms with Crippen molar-refractivity contribution in [2.75, 3.05) is 6.54 Å². The highest BCUT2D eigenvalue weighted by Gasteiger charge is 2.25. The second-order valence-electron chi connectivity index (χ2n) is 5.88. The van der Waals surface area contributed by atoms with Crippen LogP contribution in [0.5, 0.6) is 0 Å². The molecule has 0 aliphatic carbocycles. The van der Waals surface area contributed by atoms with E-state index in [1.165, 1.54) is 12.1 Å². The van der Waals surface area contributed by atoms with Crippen molar-refractivity contribution in [1.82, 2.24) is 4.90 Å². The molecule has 2 nitrogen and oxygen atoms in total. The number of benzene rings is 1. The molecule has 0 saturated carbocycles. The van der Waals surface area contributed by atoms with E-state index in [9.17, 15) is 13.9 Å². The summed E-state index contributed by atoms with van der Waals surface area (Å²) in [7, 11) is 0. The van der Waals surface area contributed by atoms with Crippen molar-refractivity contribution in [1.29, 1.82) is 0 Å². The fourth-order valence-electron chi connectivity index (χ4n) is 3.02. The standard InChI is InChI=1S/C16H22BrF2NO/c1-11(21)9-12-5-3-2-4-8-20(12)10-13-15(18)7-6-14(17)16(13)19/h6-7,11-12,21H,2-5,8-10H2,1H3. The Kier molecular flexibility index (Phi) is 6.14. The predicted molar refractivity (Wildman–Crippen MR) is 83.0 cm³/mol. The molecule has 0 radical (unpaired) electrons. The summed E-state index contributed by atoms with van der Waals surface area (Å²) in [5, 5.41) is 9.65. The van der Waals surface area contributed by atoms with E-state index >= 15 is 0 Å². The van der Waals surface area contributed by atoms with Gasteiger partial charge in [-0.05, 0) is 60.8 Å². The Bertz CT molecular complexity index is 482. The fraction of sp³-hybridized carbons (Fsp3) is 0.625. The zero-order valence-corrected chi connectivity index (χ0v) is 13.9. The fourth-order valence-corrected chi connectivity index (χ4v) is 3.39. The van der Waals surface area contributed by atoms with Crippen LogP contribution in [0, 0.1) is 11.6 Å². The van der Waals surface area contributed by atoms with Gasteiger partial charge >= 0.3 is 0 Å². The van der Waals surface area contributed by atoms with Crippen molar-refractivity contribution in [2.45, 2.75) is 57.7 Å². The first-order valence-corrected chi connectivity index (χ1v) is 8.33. The number of likely N-dealkylation sites (tertiary alicyclic amines) is 1. The van der Waals surface area contributed by atoms with E-state index in [1.807, 2.05) is 0 Å². The quantitative estimate of drug-likeness (QED) is 0.810. The minimum absolute atomic E-state index is 0.113. The van der Waals surface area contributed by atoms with Gasteiger partial charge in [0.15, 0.2) is 0 Å². The van der Waals surface area contributed by atoms with Crippen LogP contribution in [-0.2, 0) is 6.54 Å². The summed E-state index contributed by atoms with van der Waals surface area (Å²) in [6.45, 7) is 2.85. The summed E-state index contributed by atoms with van der Waals surface area (Å²) in [4.78, 5) is 2.12. The van der Waals surface area contributed by atoms with E-state index in [1.54, 1.807) is 6.92 Å². The molecule has 21 heavy (non-hydrogen) atoms. The molecule has 2 rings (SSSR count). The number of hydrogen-bond donors (Lipinski definition) is 1. The Balaban J connectivity index is 2.20. The molecule has 0 bridgehead atoms. The Morgan fingerprint density at radius 2 is 2.10 bits per heavy atom. The number of halogens is 3. The molecule has 1 saturated heterocycles. The van der Waals surface area contributed by atoms with Gasteiger partial charge in [0, 0.05) is 18.2 Å². The monoisotopic (exact) mass is 361 g/mol. The number of hydrogen-bond acceptors (Lipinski definition) is 2. The third-order valence-corrected chi connectivity index (χ3v) is 4.72. The van der Waals surface area contributed by atoms with Crippen LogP contribution in [0.15, 0.2) is 16.6 Å². The van der Waals surface area contributed by atoms with Crippen molar-refractivity contribution in [2.24, 2.45) is 0 Å². The molecule has 1 aliphatic rings. The highest BCUT2D eigenvalue weighted by Crippen LogP contribution is 2.27. The maximum absolute atomic E-state index is 14.1. The lowest BCUT2D eigenvalue weighted by molar-refractivity contribution is 0.107. The molecule has 1 aromatic carbocycles. The number of aliphatic hydroxyl groups is 1. The van der Waals surface area contributed by atoms with Crippen molar-refractivity contribution >= 4 is 15.9 Å². The van der Waals surface area contributed by atoms with E-state index in [4.69, 9.17) is 0 Å². The van der Waals surface area contributed by atoms with Crippen LogP contribution in [-0.4, -0.2) is 28.7 Å². The van der Waals surface area contributed by atoms with Crippen molar-refractivity contribution in [3.05, 3.63) is 33.8 Å². The van der Waals surface area contributed by atoms with Crippen LogP contribution >= 0.6 is 15.9 Å². The molecule has 2 atom stereocenters. The highest BCUT2D eigenvalue weighted by atomic mass is 79.9. The first-order chi connectivity index (χ1) is 9.99. The summed E-state index contributed by atoms with van der Waals surface area (Å²) in [6.07, 6.45) is 4.51. The van der Waals surface area contributed by atoms with Crippen LogP contribution in [0.25, 0.3) is 0 Å². The molecule has 1 aromatic rings. The topological polar surface area (TPSA) is 23.5 Å². The average Bonchev–Trinajstić information content (AvgIpc) is 2.64. The van der Waals surface area contributed by atoms with Crippen LogP contribution in [0.1, 0.15) is 44.6 Å². The van der Waals surface area contributed by atoms with Crippen molar-refractivity contribution in [3.8, 4) is 0 Å². The minimum atomic E-state index is -0.518. The van der Waals surface area contributed by atoms with E-state index in [0.29, 0.717) is 10.9 Å². The van der Waals surface area contributed by atoms with Crippen molar-refractivity contribution in [3.63, 3.8) is 0 Å². The molecule has 1 heterocycles. The normalized spacial score (nSPS) is 22.0. The average molecular weight is 362 g/mol. The first-order valence-electron chi connectivity index (χ1n) is 7.53. The van der Waals surface area contributed by atoms with Gasteiger partial charge in [-0.25, -0.2) is 8.78 Å². The Hall–Kier alpha value is -0.520. The van der Waals surface area contributed by atoms with Crippen LogP contribution < -0.4 is 0 Å². The lowest BCUT2D eigenvalue weighted by Crippen LogP contribution is -2.37. The van der Waals surface area contributed by atoms with Gasteiger partial charge in [0.05, 0.1) is 10.6 Å². The van der Waals surface area contributed by atoms with Crippen LogP contribution in [0.2, 0.25) is 0 Å². The maximum atomic E-state index is 14.1. The third kappa shape index (κ3) is 4.47. The molecule has 1 fully saturated rings. The molecular weight excluding hydrogens is 340 g/mol. The molecule has 0 aromatic heterocycles. The molecule has 1 aliphatic heterocycles. The van der Waals surface area contributed by atoms with Crippen LogP contribution in [0.4, 0.5) is 8.78 Å². The Morgan fingerprint density at radius 1 is 1.33 bits per heavy atom. The summed E-state index contributed by atoms with van der Waals surface area (Å²) < 4.78 is 28.4. The van der Waals surface area contributed by atoms with Crippen LogP contribution in [0.3, 0.4) is 0 Å². The minimum Gasteiger partial charge on any atom is -0.393 e. The molecular formula is C16H22BrF2NO. The number of aliphatic hydroxyl groups excluding tert-OH is 1. The molecule has 2 unspecified atom stereocenters.